The zero-order valence-electron chi connectivity index (χ0n) is 11.3. The van der Waals surface area contributed by atoms with Gasteiger partial charge < -0.3 is 10.4 Å². The Kier molecular flexibility index (Phi) is 3.84. The molecule has 1 amide bonds. The maximum Gasteiger partial charge on any atom is 0.335 e. The summed E-state index contributed by atoms with van der Waals surface area (Å²) in [5.74, 6) is -1.19. The van der Waals surface area contributed by atoms with Crippen molar-refractivity contribution in [2.75, 3.05) is 5.32 Å². The van der Waals surface area contributed by atoms with E-state index in [0.29, 0.717) is 11.3 Å². The predicted octanol–water partition coefficient (Wildman–Crippen LogP) is 3.25. The Labute approximate surface area is 117 Å². The minimum atomic E-state index is -0.989. The van der Waals surface area contributed by atoms with Gasteiger partial charge in [0.2, 0.25) is 0 Å². The molecule has 0 atom stereocenters. The summed E-state index contributed by atoms with van der Waals surface area (Å²) in [6, 6.07) is 11.7. The van der Waals surface area contributed by atoms with E-state index in [1.165, 1.54) is 12.1 Å². The van der Waals surface area contributed by atoms with Crippen LogP contribution in [0.25, 0.3) is 0 Å². The molecule has 0 aliphatic heterocycles. The van der Waals surface area contributed by atoms with Crippen molar-refractivity contribution in [3.05, 3.63) is 64.7 Å². The fourth-order valence-electron chi connectivity index (χ4n) is 1.96. The second-order valence-electron chi connectivity index (χ2n) is 4.66. The largest absolute Gasteiger partial charge is 0.478 e. The number of carbonyl (C=O) groups is 2. The molecule has 0 aliphatic carbocycles. The van der Waals surface area contributed by atoms with Crippen molar-refractivity contribution < 1.29 is 14.7 Å². The van der Waals surface area contributed by atoms with Crippen molar-refractivity contribution in [3.8, 4) is 0 Å². The molecule has 0 aliphatic rings. The van der Waals surface area contributed by atoms with E-state index in [1.54, 1.807) is 18.2 Å². The topological polar surface area (TPSA) is 66.4 Å². The molecule has 102 valence electrons. The van der Waals surface area contributed by atoms with E-state index in [9.17, 15) is 9.59 Å². The lowest BCUT2D eigenvalue weighted by atomic mass is 10.1. The van der Waals surface area contributed by atoms with E-state index >= 15 is 0 Å². The number of hydrogen-bond donors (Lipinski definition) is 2. The van der Waals surface area contributed by atoms with Crippen LogP contribution in [0.15, 0.2) is 42.5 Å². The highest BCUT2D eigenvalue weighted by Crippen LogP contribution is 2.15. The molecule has 0 spiro atoms. The number of aromatic carboxylic acids is 1. The average Bonchev–Trinajstić information content (AvgIpc) is 2.39. The van der Waals surface area contributed by atoms with Crippen molar-refractivity contribution in [1.82, 2.24) is 0 Å². The zero-order chi connectivity index (χ0) is 14.7. The number of carboxylic acids is 1. The number of hydrogen-bond acceptors (Lipinski definition) is 2. The van der Waals surface area contributed by atoms with Crippen LogP contribution in [0.1, 0.15) is 31.8 Å². The summed E-state index contributed by atoms with van der Waals surface area (Å²) in [4.78, 5) is 22.9. The van der Waals surface area contributed by atoms with E-state index in [1.807, 2.05) is 26.0 Å². The first kappa shape index (κ1) is 13.8. The molecule has 0 saturated heterocycles. The van der Waals surface area contributed by atoms with Crippen LogP contribution in [0.5, 0.6) is 0 Å². The Morgan fingerprint density at radius 2 is 1.65 bits per heavy atom. The number of rotatable bonds is 3. The number of carbonyl (C=O) groups excluding carboxylic acids is 1. The Morgan fingerprint density at radius 3 is 2.20 bits per heavy atom. The molecule has 0 radical (unpaired) electrons. The zero-order valence-corrected chi connectivity index (χ0v) is 11.3. The molecular formula is C16H15NO3. The van der Waals surface area contributed by atoms with Gasteiger partial charge in [-0.1, -0.05) is 17.7 Å². The monoisotopic (exact) mass is 269 g/mol. The van der Waals surface area contributed by atoms with Crippen molar-refractivity contribution in [1.29, 1.82) is 0 Å². The van der Waals surface area contributed by atoms with Gasteiger partial charge in [0.05, 0.1) is 5.56 Å². The molecule has 2 aromatic rings. The SMILES string of the molecule is Cc1ccc(C(=O)Nc2ccc(C(=O)O)cc2)c(C)c1. The Balaban J connectivity index is 2.17. The van der Waals surface area contributed by atoms with Gasteiger partial charge in [0.1, 0.15) is 0 Å². The maximum atomic E-state index is 12.1. The van der Waals surface area contributed by atoms with Gasteiger partial charge in [0.15, 0.2) is 0 Å². The average molecular weight is 269 g/mol. The molecule has 2 N–H and O–H groups in total. The third-order valence-electron chi connectivity index (χ3n) is 3.02. The van der Waals surface area contributed by atoms with E-state index < -0.39 is 5.97 Å². The van der Waals surface area contributed by atoms with Crippen molar-refractivity contribution in [3.63, 3.8) is 0 Å². The highest BCUT2D eigenvalue weighted by atomic mass is 16.4. The lowest BCUT2D eigenvalue weighted by Gasteiger charge is -2.08. The van der Waals surface area contributed by atoms with Crippen molar-refractivity contribution in [2.45, 2.75) is 13.8 Å². The molecule has 0 heterocycles. The van der Waals surface area contributed by atoms with Crippen molar-refractivity contribution >= 4 is 17.6 Å². The first-order valence-electron chi connectivity index (χ1n) is 6.19. The lowest BCUT2D eigenvalue weighted by molar-refractivity contribution is 0.0696. The fraction of sp³-hybridized carbons (Fsp3) is 0.125. The molecule has 4 heteroatoms. The van der Waals surface area contributed by atoms with E-state index in [-0.39, 0.29) is 11.5 Å². The van der Waals surface area contributed by atoms with Crippen LogP contribution >= 0.6 is 0 Å². The highest BCUT2D eigenvalue weighted by molar-refractivity contribution is 6.05. The van der Waals surface area contributed by atoms with Crippen LogP contribution in [-0.2, 0) is 0 Å². The van der Waals surface area contributed by atoms with Crippen LogP contribution in [0.4, 0.5) is 5.69 Å². The van der Waals surface area contributed by atoms with Gasteiger partial charge >= 0.3 is 5.97 Å². The lowest BCUT2D eigenvalue weighted by Crippen LogP contribution is -2.13. The number of amides is 1. The quantitative estimate of drug-likeness (QED) is 0.898. The summed E-state index contributed by atoms with van der Waals surface area (Å²) in [6.45, 7) is 3.86. The highest BCUT2D eigenvalue weighted by Gasteiger charge is 2.09. The van der Waals surface area contributed by atoms with E-state index in [2.05, 4.69) is 5.32 Å². The Hall–Kier alpha value is -2.62. The first-order valence-corrected chi connectivity index (χ1v) is 6.19. The number of nitrogens with one attached hydrogen (secondary N) is 1. The fourth-order valence-corrected chi connectivity index (χ4v) is 1.96. The van der Waals surface area contributed by atoms with Gasteiger partial charge in [-0.25, -0.2) is 4.79 Å². The van der Waals surface area contributed by atoms with Crippen LogP contribution in [0.3, 0.4) is 0 Å². The summed E-state index contributed by atoms with van der Waals surface area (Å²) in [7, 11) is 0. The molecular weight excluding hydrogens is 254 g/mol. The summed E-state index contributed by atoms with van der Waals surface area (Å²) in [6.07, 6.45) is 0. The van der Waals surface area contributed by atoms with Crippen LogP contribution in [0, 0.1) is 13.8 Å². The molecule has 0 fully saturated rings. The number of aryl methyl sites for hydroxylation is 2. The second kappa shape index (κ2) is 5.57. The Bertz CT molecular complexity index is 660. The first-order chi connectivity index (χ1) is 9.47. The van der Waals surface area contributed by atoms with Crippen LogP contribution < -0.4 is 5.32 Å². The Morgan fingerprint density at radius 1 is 1.00 bits per heavy atom. The van der Waals surface area contributed by atoms with Crippen molar-refractivity contribution in [2.24, 2.45) is 0 Å². The minimum absolute atomic E-state index is 0.189. The predicted molar refractivity (Wildman–Crippen MR) is 77.3 cm³/mol. The van der Waals surface area contributed by atoms with Gasteiger partial charge in [-0.3, -0.25) is 4.79 Å². The molecule has 2 aromatic carbocycles. The van der Waals surface area contributed by atoms with Gasteiger partial charge in [-0.05, 0) is 49.7 Å². The number of carboxylic acid groups (broad SMARTS) is 1. The van der Waals surface area contributed by atoms with Crippen LogP contribution in [-0.4, -0.2) is 17.0 Å². The summed E-state index contributed by atoms with van der Waals surface area (Å²) < 4.78 is 0. The summed E-state index contributed by atoms with van der Waals surface area (Å²) in [5.41, 5.74) is 3.38. The smallest absolute Gasteiger partial charge is 0.335 e. The molecule has 0 aromatic heterocycles. The van der Waals surface area contributed by atoms with E-state index in [0.717, 1.165) is 11.1 Å². The molecule has 20 heavy (non-hydrogen) atoms. The maximum absolute atomic E-state index is 12.1. The minimum Gasteiger partial charge on any atom is -0.478 e. The third-order valence-corrected chi connectivity index (χ3v) is 3.02. The second-order valence-corrected chi connectivity index (χ2v) is 4.66. The molecule has 2 rings (SSSR count). The summed E-state index contributed by atoms with van der Waals surface area (Å²) in [5, 5.41) is 11.6. The molecule has 0 bridgehead atoms. The van der Waals surface area contributed by atoms with Gasteiger partial charge in [-0.15, -0.1) is 0 Å². The molecule has 0 unspecified atom stereocenters. The normalized spacial score (nSPS) is 10.1. The van der Waals surface area contributed by atoms with Gasteiger partial charge in [0, 0.05) is 11.3 Å². The number of anilines is 1. The van der Waals surface area contributed by atoms with Crippen LogP contribution in [0.2, 0.25) is 0 Å². The number of benzene rings is 2. The summed E-state index contributed by atoms with van der Waals surface area (Å²) >= 11 is 0. The van der Waals surface area contributed by atoms with E-state index in [4.69, 9.17) is 5.11 Å². The standard InChI is InChI=1S/C16H15NO3/c1-10-3-8-14(11(2)9-10)15(18)17-13-6-4-12(5-7-13)16(19)20/h3-9H,1-2H3,(H,17,18)(H,19,20). The molecule has 0 saturated carbocycles. The third kappa shape index (κ3) is 3.03. The van der Waals surface area contributed by atoms with Gasteiger partial charge in [0.25, 0.3) is 5.91 Å². The molecule has 4 nitrogen and oxygen atoms in total. The van der Waals surface area contributed by atoms with Gasteiger partial charge in [-0.2, -0.15) is 0 Å².